The Labute approximate surface area is 160 Å². The van der Waals surface area contributed by atoms with Crippen LogP contribution < -0.4 is 9.62 Å². The molecule has 0 radical (unpaired) electrons. The maximum absolute atomic E-state index is 12.7. The first-order chi connectivity index (χ1) is 12.0. The molecule has 0 unspecified atom stereocenters. The summed E-state index contributed by atoms with van der Waals surface area (Å²) in [6, 6.07) is 10.4. The molecule has 0 fully saturated rings. The van der Waals surface area contributed by atoms with E-state index in [-0.39, 0.29) is 22.5 Å². The standard InChI is InChI=1S/C19H23ClN2O3S/c1-12-6-8-16(13(2)10-12)14(3)21-19(23)17-11-15(7-9-18(17)20)22(4)26(5,24)25/h6-11,14H,1-5H3,(H,21,23)/t14-/m1/s1. The zero-order valence-corrected chi connectivity index (χ0v) is 17.1. The fourth-order valence-corrected chi connectivity index (χ4v) is 3.44. The second-order valence-corrected chi connectivity index (χ2v) is 8.87. The number of nitrogens with zero attached hydrogens (tertiary/aromatic N) is 1. The highest BCUT2D eigenvalue weighted by atomic mass is 35.5. The van der Waals surface area contributed by atoms with Crippen molar-refractivity contribution < 1.29 is 13.2 Å². The van der Waals surface area contributed by atoms with Crippen LogP contribution in [0, 0.1) is 13.8 Å². The first-order valence-electron chi connectivity index (χ1n) is 8.12. The average Bonchev–Trinajstić information content (AvgIpc) is 2.53. The van der Waals surface area contributed by atoms with Crippen LogP contribution in [0.4, 0.5) is 5.69 Å². The van der Waals surface area contributed by atoms with E-state index in [9.17, 15) is 13.2 Å². The highest BCUT2D eigenvalue weighted by molar-refractivity contribution is 7.92. The lowest BCUT2D eigenvalue weighted by Crippen LogP contribution is -2.28. The number of carbonyl (C=O) groups excluding carboxylic acids is 1. The van der Waals surface area contributed by atoms with Gasteiger partial charge in [0.2, 0.25) is 10.0 Å². The minimum Gasteiger partial charge on any atom is -0.345 e. The molecule has 0 saturated heterocycles. The van der Waals surface area contributed by atoms with Crippen LogP contribution >= 0.6 is 11.6 Å². The van der Waals surface area contributed by atoms with Gasteiger partial charge in [0.25, 0.3) is 5.91 Å². The molecule has 0 bridgehead atoms. The quantitative estimate of drug-likeness (QED) is 0.837. The highest BCUT2D eigenvalue weighted by Crippen LogP contribution is 2.25. The molecule has 0 aliphatic carbocycles. The van der Waals surface area contributed by atoms with Gasteiger partial charge in [-0.3, -0.25) is 9.10 Å². The van der Waals surface area contributed by atoms with Crippen molar-refractivity contribution in [1.82, 2.24) is 5.32 Å². The van der Waals surface area contributed by atoms with Crippen LogP contribution in [-0.2, 0) is 10.0 Å². The lowest BCUT2D eigenvalue weighted by atomic mass is 10.00. The Morgan fingerprint density at radius 1 is 1.15 bits per heavy atom. The molecule has 5 nitrogen and oxygen atoms in total. The number of sulfonamides is 1. The van der Waals surface area contributed by atoms with E-state index in [1.54, 1.807) is 6.07 Å². The summed E-state index contributed by atoms with van der Waals surface area (Å²) in [7, 11) is -2.00. The van der Waals surface area contributed by atoms with E-state index in [1.807, 2.05) is 32.9 Å². The molecule has 1 amide bonds. The minimum absolute atomic E-state index is 0.213. The summed E-state index contributed by atoms with van der Waals surface area (Å²) in [4.78, 5) is 12.7. The van der Waals surface area contributed by atoms with E-state index >= 15 is 0 Å². The Morgan fingerprint density at radius 2 is 1.81 bits per heavy atom. The van der Waals surface area contributed by atoms with Crippen molar-refractivity contribution in [1.29, 1.82) is 0 Å². The molecule has 0 spiro atoms. The van der Waals surface area contributed by atoms with Crippen LogP contribution in [0.5, 0.6) is 0 Å². The SMILES string of the molecule is Cc1ccc([C@@H](C)NC(=O)c2cc(N(C)S(C)(=O)=O)ccc2Cl)c(C)c1. The monoisotopic (exact) mass is 394 g/mol. The minimum atomic E-state index is -3.43. The summed E-state index contributed by atoms with van der Waals surface area (Å²) in [5, 5.41) is 3.19. The summed E-state index contributed by atoms with van der Waals surface area (Å²) in [6.45, 7) is 5.92. The number of benzene rings is 2. The maximum Gasteiger partial charge on any atom is 0.253 e. The van der Waals surface area contributed by atoms with Gasteiger partial charge >= 0.3 is 0 Å². The zero-order valence-electron chi connectivity index (χ0n) is 15.5. The zero-order chi connectivity index (χ0) is 19.6. The van der Waals surface area contributed by atoms with Gasteiger partial charge in [0.15, 0.2) is 0 Å². The van der Waals surface area contributed by atoms with Crippen molar-refractivity contribution in [2.45, 2.75) is 26.8 Å². The topological polar surface area (TPSA) is 66.5 Å². The van der Waals surface area contributed by atoms with E-state index in [0.717, 1.165) is 27.3 Å². The van der Waals surface area contributed by atoms with Crippen LogP contribution in [0.3, 0.4) is 0 Å². The second-order valence-electron chi connectivity index (χ2n) is 6.45. The molecule has 2 aromatic rings. The predicted molar refractivity (Wildman–Crippen MR) is 106 cm³/mol. The molecule has 26 heavy (non-hydrogen) atoms. The third kappa shape index (κ3) is 4.56. The molecule has 1 N–H and O–H groups in total. The van der Waals surface area contributed by atoms with Gasteiger partial charge < -0.3 is 5.32 Å². The van der Waals surface area contributed by atoms with Gasteiger partial charge in [-0.2, -0.15) is 0 Å². The first-order valence-corrected chi connectivity index (χ1v) is 10.3. The van der Waals surface area contributed by atoms with Gasteiger partial charge in [0.05, 0.1) is 28.6 Å². The molecule has 1 atom stereocenters. The van der Waals surface area contributed by atoms with Gasteiger partial charge in [-0.25, -0.2) is 8.42 Å². The van der Waals surface area contributed by atoms with E-state index in [2.05, 4.69) is 11.4 Å². The van der Waals surface area contributed by atoms with Gasteiger partial charge in [-0.05, 0) is 50.1 Å². The average molecular weight is 395 g/mol. The number of amides is 1. The fraction of sp³-hybridized carbons (Fsp3) is 0.316. The number of rotatable bonds is 5. The number of aryl methyl sites for hydroxylation is 2. The lowest BCUT2D eigenvalue weighted by molar-refractivity contribution is 0.0940. The van der Waals surface area contributed by atoms with Crippen LogP contribution in [0.2, 0.25) is 5.02 Å². The third-order valence-electron chi connectivity index (χ3n) is 4.30. The summed E-state index contributed by atoms with van der Waals surface area (Å²) in [5.74, 6) is -0.355. The van der Waals surface area contributed by atoms with Crippen molar-refractivity contribution in [3.05, 3.63) is 63.7 Å². The number of carbonyl (C=O) groups is 1. The van der Waals surface area contributed by atoms with Gasteiger partial charge in [-0.15, -0.1) is 0 Å². The van der Waals surface area contributed by atoms with Crippen LogP contribution in [-0.4, -0.2) is 27.6 Å². The van der Waals surface area contributed by atoms with E-state index in [1.165, 1.54) is 19.2 Å². The van der Waals surface area contributed by atoms with Crippen molar-refractivity contribution in [3.8, 4) is 0 Å². The predicted octanol–water partition coefficient (Wildman–Crippen LogP) is 3.84. The third-order valence-corrected chi connectivity index (χ3v) is 5.83. The van der Waals surface area contributed by atoms with Crippen molar-refractivity contribution in [2.75, 3.05) is 17.6 Å². The molecule has 0 saturated carbocycles. The van der Waals surface area contributed by atoms with Crippen LogP contribution in [0.1, 0.15) is 40.0 Å². The largest absolute Gasteiger partial charge is 0.345 e. The Bertz CT molecular complexity index is 942. The number of hydrogen-bond donors (Lipinski definition) is 1. The molecule has 0 aromatic heterocycles. The lowest BCUT2D eigenvalue weighted by Gasteiger charge is -2.20. The van der Waals surface area contributed by atoms with Crippen molar-refractivity contribution in [3.63, 3.8) is 0 Å². The summed E-state index contributed by atoms with van der Waals surface area (Å²) >= 11 is 6.16. The van der Waals surface area contributed by atoms with E-state index in [0.29, 0.717) is 5.69 Å². The Kier molecular flexibility index (Phi) is 5.98. The molecule has 0 aliphatic rings. The van der Waals surface area contributed by atoms with Crippen molar-refractivity contribution >= 4 is 33.2 Å². The summed E-state index contributed by atoms with van der Waals surface area (Å²) in [6.07, 6.45) is 1.10. The molecule has 0 heterocycles. The van der Waals surface area contributed by atoms with E-state index < -0.39 is 10.0 Å². The molecular weight excluding hydrogens is 372 g/mol. The molecule has 2 aromatic carbocycles. The molecule has 2 rings (SSSR count). The number of hydrogen-bond acceptors (Lipinski definition) is 3. The fourth-order valence-electron chi connectivity index (χ4n) is 2.74. The summed E-state index contributed by atoms with van der Waals surface area (Å²) in [5.41, 5.74) is 3.88. The van der Waals surface area contributed by atoms with Crippen LogP contribution in [0.25, 0.3) is 0 Å². The van der Waals surface area contributed by atoms with Gasteiger partial charge in [0, 0.05) is 7.05 Å². The second kappa shape index (κ2) is 7.68. The molecule has 7 heteroatoms. The normalized spacial score (nSPS) is 12.5. The number of anilines is 1. The molecule has 140 valence electrons. The Hall–Kier alpha value is -2.05. The Morgan fingerprint density at radius 3 is 2.38 bits per heavy atom. The Balaban J connectivity index is 2.29. The first kappa shape index (κ1) is 20.3. The van der Waals surface area contributed by atoms with Crippen molar-refractivity contribution in [2.24, 2.45) is 0 Å². The van der Waals surface area contributed by atoms with E-state index in [4.69, 9.17) is 11.6 Å². The van der Waals surface area contributed by atoms with Crippen LogP contribution in [0.15, 0.2) is 36.4 Å². The van der Waals surface area contributed by atoms with Gasteiger partial charge in [-0.1, -0.05) is 35.4 Å². The summed E-state index contributed by atoms with van der Waals surface area (Å²) < 4.78 is 24.5. The van der Waals surface area contributed by atoms with Gasteiger partial charge in [0.1, 0.15) is 0 Å². The number of halogens is 1. The highest BCUT2D eigenvalue weighted by Gasteiger charge is 2.19. The number of nitrogens with one attached hydrogen (secondary N) is 1. The smallest absolute Gasteiger partial charge is 0.253 e. The molecule has 0 aliphatic heterocycles. The molecular formula is C19H23ClN2O3S. The maximum atomic E-state index is 12.7.